The van der Waals surface area contributed by atoms with Gasteiger partial charge in [-0.15, -0.1) is 0 Å². The third kappa shape index (κ3) is 2.54. The highest BCUT2D eigenvalue weighted by Crippen LogP contribution is 2.40. The number of rotatable bonds is 1. The van der Waals surface area contributed by atoms with Gasteiger partial charge in [-0.2, -0.15) is 0 Å². The summed E-state index contributed by atoms with van der Waals surface area (Å²) in [6, 6.07) is 6.41. The second kappa shape index (κ2) is 4.58. The van der Waals surface area contributed by atoms with Crippen molar-refractivity contribution in [3.63, 3.8) is 0 Å². The quantitative estimate of drug-likeness (QED) is 0.818. The highest BCUT2D eigenvalue weighted by molar-refractivity contribution is 5.40. The number of fused-ring (bicyclic) bond motifs is 1. The van der Waals surface area contributed by atoms with E-state index in [0.29, 0.717) is 5.92 Å². The molecule has 0 amide bonds. The zero-order valence-electron chi connectivity index (χ0n) is 12.2. The Morgan fingerprint density at radius 1 is 1.33 bits per heavy atom. The maximum absolute atomic E-state index is 6.31. The normalized spacial score (nSPS) is 25.2. The molecular weight excluding hydrogens is 222 g/mol. The number of ether oxygens (including phenoxy) is 1. The van der Waals surface area contributed by atoms with Crippen LogP contribution in [0.1, 0.15) is 51.3 Å². The molecule has 1 aliphatic rings. The minimum absolute atomic E-state index is 0.100. The predicted octanol–water partition coefficient (Wildman–Crippen LogP) is 3.83. The molecule has 2 heteroatoms. The minimum Gasteiger partial charge on any atom is -0.490 e. The molecule has 2 nitrogen and oxygen atoms in total. The Bertz CT molecular complexity index is 433. The van der Waals surface area contributed by atoms with Crippen molar-refractivity contribution >= 4 is 0 Å². The van der Waals surface area contributed by atoms with E-state index in [4.69, 9.17) is 10.5 Å². The topological polar surface area (TPSA) is 35.2 Å². The number of benzene rings is 1. The molecule has 2 N–H and O–H groups in total. The van der Waals surface area contributed by atoms with Gasteiger partial charge in [0, 0.05) is 18.0 Å². The predicted molar refractivity (Wildman–Crippen MR) is 75.8 cm³/mol. The van der Waals surface area contributed by atoms with Gasteiger partial charge in [-0.1, -0.05) is 45.4 Å². The molecule has 1 aromatic carbocycles. The van der Waals surface area contributed by atoms with Crippen LogP contribution in [0.5, 0.6) is 5.75 Å². The lowest BCUT2D eigenvalue weighted by molar-refractivity contribution is 0.0502. The molecule has 2 rings (SSSR count). The van der Waals surface area contributed by atoms with E-state index in [1.807, 2.05) is 0 Å². The molecule has 0 saturated carbocycles. The van der Waals surface area contributed by atoms with E-state index in [2.05, 4.69) is 52.8 Å². The summed E-state index contributed by atoms with van der Waals surface area (Å²) >= 11 is 0. The summed E-state index contributed by atoms with van der Waals surface area (Å²) in [6.45, 7) is 11.1. The van der Waals surface area contributed by atoms with E-state index >= 15 is 0 Å². The summed E-state index contributed by atoms with van der Waals surface area (Å²) in [5.74, 6) is 1.46. The van der Waals surface area contributed by atoms with Crippen LogP contribution in [-0.2, 0) is 0 Å². The van der Waals surface area contributed by atoms with Crippen LogP contribution >= 0.6 is 0 Å². The Kier molecular flexibility index (Phi) is 3.41. The lowest BCUT2D eigenvalue weighted by Crippen LogP contribution is -2.39. The number of nitrogens with two attached hydrogens (primary N) is 1. The molecule has 1 heterocycles. The summed E-state index contributed by atoms with van der Waals surface area (Å²) < 4.78 is 6.17. The summed E-state index contributed by atoms with van der Waals surface area (Å²) in [5.41, 5.74) is 8.95. The van der Waals surface area contributed by atoms with Crippen LogP contribution in [0, 0.1) is 18.3 Å². The van der Waals surface area contributed by atoms with Crippen LogP contribution in [-0.4, -0.2) is 6.10 Å². The molecule has 1 aliphatic heterocycles. The molecule has 18 heavy (non-hydrogen) atoms. The van der Waals surface area contributed by atoms with Gasteiger partial charge in [0.2, 0.25) is 0 Å². The van der Waals surface area contributed by atoms with Crippen molar-refractivity contribution < 1.29 is 4.74 Å². The maximum atomic E-state index is 6.31. The van der Waals surface area contributed by atoms with Crippen molar-refractivity contribution in [2.24, 2.45) is 17.1 Å². The Morgan fingerprint density at radius 3 is 2.61 bits per heavy atom. The van der Waals surface area contributed by atoms with Crippen LogP contribution in [0.3, 0.4) is 0 Å². The second-order valence-electron chi connectivity index (χ2n) is 6.69. The molecule has 0 aliphatic carbocycles. The number of hydrogen-bond donors (Lipinski definition) is 1. The molecule has 0 radical (unpaired) electrons. The van der Waals surface area contributed by atoms with E-state index in [0.717, 1.165) is 17.7 Å². The fraction of sp³-hybridized carbons (Fsp3) is 0.625. The third-order valence-corrected chi connectivity index (χ3v) is 4.25. The van der Waals surface area contributed by atoms with Crippen molar-refractivity contribution in [1.82, 2.24) is 0 Å². The van der Waals surface area contributed by atoms with E-state index in [1.165, 1.54) is 5.56 Å². The van der Waals surface area contributed by atoms with Crippen LogP contribution in [0.4, 0.5) is 0 Å². The molecule has 0 spiro atoms. The third-order valence-electron chi connectivity index (χ3n) is 4.25. The van der Waals surface area contributed by atoms with E-state index in [-0.39, 0.29) is 17.6 Å². The van der Waals surface area contributed by atoms with Crippen molar-refractivity contribution in [3.8, 4) is 5.75 Å². The number of aryl methyl sites for hydroxylation is 1. The average molecular weight is 247 g/mol. The first-order chi connectivity index (χ1) is 8.29. The molecular formula is C16H25NO. The van der Waals surface area contributed by atoms with Crippen LogP contribution in [0.25, 0.3) is 0 Å². The van der Waals surface area contributed by atoms with Gasteiger partial charge in [0.15, 0.2) is 0 Å². The lowest BCUT2D eigenvalue weighted by atomic mass is 9.76. The molecule has 3 atom stereocenters. The standard InChI is InChI=1S/C16H25NO/c1-10-6-7-14-12(8-10)13(17)9-15(18-14)11(2)16(3,4)5/h6-8,11,13,15H,9,17H2,1-5H3/t11?,13-,15?/m1/s1. The molecule has 0 aromatic heterocycles. The van der Waals surface area contributed by atoms with Crippen LogP contribution < -0.4 is 10.5 Å². The first-order valence-electron chi connectivity index (χ1n) is 6.82. The fourth-order valence-corrected chi connectivity index (χ4v) is 2.52. The minimum atomic E-state index is 0.100. The SMILES string of the molecule is Cc1ccc2c(c1)[C@H](N)CC(C(C)C(C)(C)C)O2. The van der Waals surface area contributed by atoms with Gasteiger partial charge in [0.1, 0.15) is 11.9 Å². The van der Waals surface area contributed by atoms with Gasteiger partial charge in [0.25, 0.3) is 0 Å². The van der Waals surface area contributed by atoms with Gasteiger partial charge in [-0.25, -0.2) is 0 Å². The molecule has 2 unspecified atom stereocenters. The average Bonchev–Trinajstić information content (AvgIpc) is 2.27. The van der Waals surface area contributed by atoms with Gasteiger partial charge in [-0.3, -0.25) is 0 Å². The summed E-state index contributed by atoms with van der Waals surface area (Å²) in [7, 11) is 0. The van der Waals surface area contributed by atoms with Gasteiger partial charge in [-0.05, 0) is 24.3 Å². The molecule has 1 aromatic rings. The first-order valence-corrected chi connectivity index (χ1v) is 6.82. The van der Waals surface area contributed by atoms with Gasteiger partial charge < -0.3 is 10.5 Å². The largest absolute Gasteiger partial charge is 0.490 e. The van der Waals surface area contributed by atoms with Crippen molar-refractivity contribution in [1.29, 1.82) is 0 Å². The molecule has 0 bridgehead atoms. The maximum Gasteiger partial charge on any atom is 0.124 e. The van der Waals surface area contributed by atoms with Crippen molar-refractivity contribution in [2.75, 3.05) is 0 Å². The second-order valence-corrected chi connectivity index (χ2v) is 6.69. The molecule has 0 saturated heterocycles. The summed E-state index contributed by atoms with van der Waals surface area (Å²) in [6.07, 6.45) is 1.13. The van der Waals surface area contributed by atoms with Crippen molar-refractivity contribution in [2.45, 2.75) is 53.2 Å². The van der Waals surface area contributed by atoms with Crippen LogP contribution in [0.2, 0.25) is 0 Å². The highest BCUT2D eigenvalue weighted by atomic mass is 16.5. The van der Waals surface area contributed by atoms with E-state index in [1.54, 1.807) is 0 Å². The fourth-order valence-electron chi connectivity index (χ4n) is 2.52. The zero-order valence-corrected chi connectivity index (χ0v) is 12.2. The summed E-state index contributed by atoms with van der Waals surface area (Å²) in [5, 5.41) is 0. The van der Waals surface area contributed by atoms with E-state index in [9.17, 15) is 0 Å². The lowest BCUT2D eigenvalue weighted by Gasteiger charge is -2.39. The Hall–Kier alpha value is -1.02. The van der Waals surface area contributed by atoms with Gasteiger partial charge >= 0.3 is 0 Å². The number of hydrogen-bond acceptors (Lipinski definition) is 2. The van der Waals surface area contributed by atoms with Crippen molar-refractivity contribution in [3.05, 3.63) is 29.3 Å². The van der Waals surface area contributed by atoms with E-state index < -0.39 is 0 Å². The Labute approximate surface area is 111 Å². The molecule has 0 fully saturated rings. The zero-order chi connectivity index (χ0) is 13.5. The smallest absolute Gasteiger partial charge is 0.124 e. The van der Waals surface area contributed by atoms with Gasteiger partial charge in [0.05, 0.1) is 0 Å². The van der Waals surface area contributed by atoms with Crippen LogP contribution in [0.15, 0.2) is 18.2 Å². The molecule has 100 valence electrons. The Balaban J connectivity index is 2.26. The first kappa shape index (κ1) is 13.4. The monoisotopic (exact) mass is 247 g/mol. The highest BCUT2D eigenvalue weighted by Gasteiger charge is 2.35. The Morgan fingerprint density at radius 2 is 2.00 bits per heavy atom. The summed E-state index contributed by atoms with van der Waals surface area (Å²) in [4.78, 5) is 0.